The number of unbranched alkanes of at least 4 members (excludes halogenated alkanes) is 2. The molecule has 1 rings (SSSR count). The van der Waals surface area contributed by atoms with Crippen LogP contribution in [0.1, 0.15) is 73.1 Å². The van der Waals surface area contributed by atoms with Crippen LogP contribution in [0.5, 0.6) is 0 Å². The lowest BCUT2D eigenvalue weighted by molar-refractivity contribution is -0.246. The Labute approximate surface area is 135 Å². The molecule has 0 spiro atoms. The first-order valence-corrected chi connectivity index (χ1v) is 8.57. The monoisotopic (exact) mass is 314 g/mol. The van der Waals surface area contributed by atoms with Gasteiger partial charge in [-0.15, -0.1) is 0 Å². The molecule has 0 aromatic rings. The molecule has 0 aromatic carbocycles. The van der Waals surface area contributed by atoms with E-state index in [1.165, 1.54) is 5.06 Å². The molecule has 0 unspecified atom stereocenters. The summed E-state index contributed by atoms with van der Waals surface area (Å²) in [6.07, 6.45) is 5.41. The number of nitrogens with zero attached hydrogens (tertiary/aromatic N) is 1. The van der Waals surface area contributed by atoms with Gasteiger partial charge in [-0.1, -0.05) is 6.42 Å². The van der Waals surface area contributed by atoms with Gasteiger partial charge in [0.1, 0.15) is 0 Å². The predicted molar refractivity (Wildman–Crippen MR) is 87.9 cm³/mol. The third kappa shape index (κ3) is 5.86. The number of piperidine rings is 1. The summed E-state index contributed by atoms with van der Waals surface area (Å²) in [5.41, 5.74) is -0.410. The lowest BCUT2D eigenvalue weighted by atomic mass is 9.79. The molecule has 0 amide bonds. The molecular weight excluding hydrogens is 280 g/mol. The van der Waals surface area contributed by atoms with Crippen molar-refractivity contribution in [1.29, 1.82) is 0 Å². The average Bonchev–Trinajstić information content (AvgIpc) is 2.39. The molecular formula is C17H34N2O3. The van der Waals surface area contributed by atoms with Crippen LogP contribution in [-0.4, -0.2) is 46.5 Å². The first-order valence-electron chi connectivity index (χ1n) is 8.57. The molecule has 0 aliphatic carbocycles. The number of hydroxylamine groups is 2. The zero-order chi connectivity index (χ0) is 16.8. The molecule has 5 heteroatoms. The zero-order valence-corrected chi connectivity index (χ0v) is 14.9. The Kier molecular flexibility index (Phi) is 7.29. The van der Waals surface area contributed by atoms with Gasteiger partial charge in [-0.25, -0.2) is 0 Å². The maximum absolute atomic E-state index is 11.2. The van der Waals surface area contributed by atoms with E-state index in [0.717, 1.165) is 38.6 Å². The smallest absolute Gasteiger partial charge is 0.305 e. The summed E-state index contributed by atoms with van der Waals surface area (Å²) in [6, 6.07) is 0.429. The molecule has 0 radical (unpaired) electrons. The summed E-state index contributed by atoms with van der Waals surface area (Å²) in [4.78, 5) is 11.2. The highest BCUT2D eigenvalue weighted by molar-refractivity contribution is 5.69. The SMILES string of the molecule is CCOC(=O)CCCCCNC1CC(C)(C)N(O)C(C)(C)C1. The van der Waals surface area contributed by atoms with Gasteiger partial charge in [-0.3, -0.25) is 4.79 Å². The van der Waals surface area contributed by atoms with Gasteiger partial charge in [0, 0.05) is 23.5 Å². The minimum absolute atomic E-state index is 0.0886. The summed E-state index contributed by atoms with van der Waals surface area (Å²) >= 11 is 0. The van der Waals surface area contributed by atoms with Crippen LogP contribution in [0.4, 0.5) is 0 Å². The van der Waals surface area contributed by atoms with Crippen molar-refractivity contribution in [1.82, 2.24) is 10.4 Å². The van der Waals surface area contributed by atoms with Crippen molar-refractivity contribution in [3.05, 3.63) is 0 Å². The molecule has 2 N–H and O–H groups in total. The summed E-state index contributed by atoms with van der Waals surface area (Å²) in [5, 5.41) is 15.4. The van der Waals surface area contributed by atoms with Gasteiger partial charge in [0.2, 0.25) is 0 Å². The van der Waals surface area contributed by atoms with Crippen molar-refractivity contribution in [2.75, 3.05) is 13.2 Å². The number of carbonyl (C=O) groups excluding carboxylic acids is 1. The van der Waals surface area contributed by atoms with E-state index in [9.17, 15) is 10.0 Å². The van der Waals surface area contributed by atoms with Crippen LogP contribution in [0.2, 0.25) is 0 Å². The Balaban J connectivity index is 2.21. The summed E-state index contributed by atoms with van der Waals surface area (Å²) in [5.74, 6) is -0.0886. The first-order chi connectivity index (χ1) is 10.2. The molecule has 22 heavy (non-hydrogen) atoms. The molecule has 0 atom stereocenters. The Bertz CT molecular complexity index is 338. The molecule has 130 valence electrons. The third-order valence-corrected chi connectivity index (χ3v) is 4.43. The second kappa shape index (κ2) is 8.27. The summed E-state index contributed by atoms with van der Waals surface area (Å²) in [7, 11) is 0. The molecule has 1 heterocycles. The van der Waals surface area contributed by atoms with E-state index in [1.54, 1.807) is 0 Å². The second-order valence-electron chi connectivity index (χ2n) is 7.61. The first kappa shape index (κ1) is 19.4. The van der Waals surface area contributed by atoms with Gasteiger partial charge in [-0.05, 0) is 66.8 Å². The molecule has 5 nitrogen and oxygen atoms in total. The lowest BCUT2D eigenvalue weighted by Crippen LogP contribution is -2.62. The molecule has 1 aliphatic heterocycles. The summed E-state index contributed by atoms with van der Waals surface area (Å²) in [6.45, 7) is 11.6. The lowest BCUT2D eigenvalue weighted by Gasteiger charge is -2.51. The van der Waals surface area contributed by atoms with Crippen molar-refractivity contribution in [2.24, 2.45) is 0 Å². The van der Waals surface area contributed by atoms with Gasteiger partial charge in [0.15, 0.2) is 0 Å². The standard InChI is InChI=1S/C17H34N2O3/c1-6-22-15(20)10-8-7-9-11-18-14-12-16(2,3)19(21)17(4,5)13-14/h14,18,21H,6-13H2,1-5H3. The second-order valence-corrected chi connectivity index (χ2v) is 7.61. The van der Waals surface area contributed by atoms with E-state index >= 15 is 0 Å². The maximum atomic E-state index is 11.2. The number of carbonyl (C=O) groups is 1. The summed E-state index contributed by atoms with van der Waals surface area (Å²) < 4.78 is 4.92. The minimum atomic E-state index is -0.205. The minimum Gasteiger partial charge on any atom is -0.466 e. The van der Waals surface area contributed by atoms with Crippen LogP contribution in [0.25, 0.3) is 0 Å². The fraction of sp³-hybridized carbons (Fsp3) is 0.941. The van der Waals surface area contributed by atoms with Gasteiger partial charge in [-0.2, -0.15) is 5.06 Å². The van der Waals surface area contributed by atoms with E-state index in [4.69, 9.17) is 4.74 Å². The molecule has 1 saturated heterocycles. The van der Waals surface area contributed by atoms with Crippen molar-refractivity contribution < 1.29 is 14.7 Å². The third-order valence-electron chi connectivity index (χ3n) is 4.43. The Hall–Kier alpha value is -0.650. The van der Waals surface area contributed by atoms with Crippen molar-refractivity contribution >= 4 is 5.97 Å². The zero-order valence-electron chi connectivity index (χ0n) is 14.9. The van der Waals surface area contributed by atoms with E-state index in [0.29, 0.717) is 19.1 Å². The molecule has 1 aliphatic rings. The Morgan fingerprint density at radius 3 is 2.32 bits per heavy atom. The van der Waals surface area contributed by atoms with Gasteiger partial charge >= 0.3 is 5.97 Å². The molecule has 0 saturated carbocycles. The maximum Gasteiger partial charge on any atom is 0.305 e. The van der Waals surface area contributed by atoms with E-state index in [1.807, 2.05) is 6.92 Å². The van der Waals surface area contributed by atoms with Crippen molar-refractivity contribution in [2.45, 2.75) is 90.3 Å². The van der Waals surface area contributed by atoms with Crippen molar-refractivity contribution in [3.63, 3.8) is 0 Å². The van der Waals surface area contributed by atoms with Crippen LogP contribution in [0, 0.1) is 0 Å². The fourth-order valence-corrected chi connectivity index (χ4v) is 3.53. The topological polar surface area (TPSA) is 61.8 Å². The number of ether oxygens (including phenoxy) is 1. The number of nitrogens with one attached hydrogen (secondary N) is 1. The largest absolute Gasteiger partial charge is 0.466 e. The quantitative estimate of drug-likeness (QED) is 0.532. The molecule has 0 aromatic heterocycles. The number of hydrogen-bond acceptors (Lipinski definition) is 5. The highest BCUT2D eigenvalue weighted by Crippen LogP contribution is 2.36. The van der Waals surface area contributed by atoms with Crippen LogP contribution < -0.4 is 5.32 Å². The van der Waals surface area contributed by atoms with Gasteiger partial charge in [0.25, 0.3) is 0 Å². The van der Waals surface area contributed by atoms with Crippen LogP contribution >= 0.6 is 0 Å². The van der Waals surface area contributed by atoms with Crippen molar-refractivity contribution in [3.8, 4) is 0 Å². The van der Waals surface area contributed by atoms with E-state index in [2.05, 4.69) is 33.0 Å². The fourth-order valence-electron chi connectivity index (χ4n) is 3.53. The highest BCUT2D eigenvalue weighted by Gasteiger charge is 2.44. The predicted octanol–water partition coefficient (Wildman–Crippen LogP) is 3.11. The number of hydrogen-bond donors (Lipinski definition) is 2. The van der Waals surface area contributed by atoms with Crippen LogP contribution in [0.3, 0.4) is 0 Å². The van der Waals surface area contributed by atoms with Crippen LogP contribution in [-0.2, 0) is 9.53 Å². The van der Waals surface area contributed by atoms with Crippen LogP contribution in [0.15, 0.2) is 0 Å². The Morgan fingerprint density at radius 2 is 1.77 bits per heavy atom. The number of esters is 1. The average molecular weight is 314 g/mol. The molecule has 0 bridgehead atoms. The van der Waals surface area contributed by atoms with E-state index in [-0.39, 0.29) is 17.0 Å². The van der Waals surface area contributed by atoms with E-state index < -0.39 is 0 Å². The highest BCUT2D eigenvalue weighted by atomic mass is 16.5. The normalized spacial score (nSPS) is 21.7. The Morgan fingerprint density at radius 1 is 1.18 bits per heavy atom. The number of rotatable bonds is 8. The van der Waals surface area contributed by atoms with Gasteiger partial charge in [0.05, 0.1) is 6.61 Å². The molecule has 1 fully saturated rings. The van der Waals surface area contributed by atoms with Gasteiger partial charge < -0.3 is 15.3 Å².